The first-order valence-corrected chi connectivity index (χ1v) is 8.92. The summed E-state index contributed by atoms with van der Waals surface area (Å²) in [6.45, 7) is 3.58. The molecule has 6 heteroatoms. The van der Waals surface area contributed by atoms with E-state index in [1.165, 1.54) is 0 Å². The van der Waals surface area contributed by atoms with E-state index in [1.807, 2.05) is 36.4 Å². The fourth-order valence-electron chi connectivity index (χ4n) is 3.20. The normalized spacial score (nSPS) is 12.8. The van der Waals surface area contributed by atoms with E-state index in [4.69, 9.17) is 9.47 Å². The number of nitrogens with zero attached hydrogens (tertiary/aromatic N) is 3. The van der Waals surface area contributed by atoms with Crippen molar-refractivity contribution in [3.8, 4) is 11.5 Å². The molecule has 1 amide bonds. The van der Waals surface area contributed by atoms with Gasteiger partial charge in [0.15, 0.2) is 11.5 Å². The number of ether oxygens (including phenoxy) is 2. The van der Waals surface area contributed by atoms with Crippen molar-refractivity contribution in [2.24, 2.45) is 0 Å². The summed E-state index contributed by atoms with van der Waals surface area (Å²) in [5, 5.41) is 0. The number of aromatic nitrogens is 2. The molecule has 2 aromatic carbocycles. The molecule has 0 atom stereocenters. The largest absolute Gasteiger partial charge is 0.454 e. The number of aryl methyl sites for hydroxylation is 1. The van der Waals surface area contributed by atoms with Gasteiger partial charge in [-0.3, -0.25) is 4.79 Å². The molecule has 0 unspecified atom stereocenters. The van der Waals surface area contributed by atoms with Crippen molar-refractivity contribution in [1.82, 2.24) is 14.5 Å². The number of carbonyl (C=O) groups excluding carboxylic acids is 1. The van der Waals surface area contributed by atoms with Gasteiger partial charge >= 0.3 is 0 Å². The van der Waals surface area contributed by atoms with Crippen LogP contribution in [0.25, 0.3) is 17.1 Å². The lowest BCUT2D eigenvalue weighted by atomic mass is 10.2. The lowest BCUT2D eigenvalue weighted by molar-refractivity contribution is -0.125. The number of amides is 1. The molecule has 1 aliphatic heterocycles. The number of para-hydroxylation sites is 2. The van der Waals surface area contributed by atoms with Crippen molar-refractivity contribution >= 4 is 23.0 Å². The number of rotatable bonds is 5. The second kappa shape index (κ2) is 7.15. The Morgan fingerprint density at radius 3 is 2.89 bits per heavy atom. The molecule has 27 heavy (non-hydrogen) atoms. The predicted octanol–water partition coefficient (Wildman–Crippen LogP) is 3.46. The summed E-state index contributed by atoms with van der Waals surface area (Å²) in [6.07, 6.45) is 3.35. The molecule has 0 saturated carbocycles. The maximum Gasteiger partial charge on any atom is 0.246 e. The fourth-order valence-corrected chi connectivity index (χ4v) is 3.20. The van der Waals surface area contributed by atoms with E-state index in [-0.39, 0.29) is 12.7 Å². The minimum Gasteiger partial charge on any atom is -0.454 e. The van der Waals surface area contributed by atoms with Crippen LogP contribution in [0, 0.1) is 0 Å². The SMILES string of the molecule is CCn1c(CN(C)C(=O)/C=C/c2ccc3c(c2)OCO3)nc2ccccc21. The highest BCUT2D eigenvalue weighted by Gasteiger charge is 2.14. The molecule has 4 rings (SSSR count). The average Bonchev–Trinajstić information content (AvgIpc) is 3.29. The maximum absolute atomic E-state index is 12.5. The first kappa shape index (κ1) is 17.1. The summed E-state index contributed by atoms with van der Waals surface area (Å²) in [5.74, 6) is 2.23. The van der Waals surface area contributed by atoms with Crippen molar-refractivity contribution in [1.29, 1.82) is 0 Å². The fraction of sp³-hybridized carbons (Fsp3) is 0.238. The van der Waals surface area contributed by atoms with E-state index >= 15 is 0 Å². The summed E-state index contributed by atoms with van der Waals surface area (Å²) < 4.78 is 12.8. The highest BCUT2D eigenvalue weighted by Crippen LogP contribution is 2.32. The number of fused-ring (bicyclic) bond motifs is 2. The summed E-state index contributed by atoms with van der Waals surface area (Å²) in [5.41, 5.74) is 2.93. The van der Waals surface area contributed by atoms with Crippen molar-refractivity contribution in [3.05, 3.63) is 59.9 Å². The van der Waals surface area contributed by atoms with Crippen LogP contribution in [0.2, 0.25) is 0 Å². The molecule has 3 aromatic rings. The van der Waals surface area contributed by atoms with Gasteiger partial charge in [-0.05, 0) is 42.8 Å². The summed E-state index contributed by atoms with van der Waals surface area (Å²) in [4.78, 5) is 18.9. The zero-order chi connectivity index (χ0) is 18.8. The van der Waals surface area contributed by atoms with E-state index < -0.39 is 0 Å². The van der Waals surface area contributed by atoms with Crippen LogP contribution in [0.3, 0.4) is 0 Å². The van der Waals surface area contributed by atoms with E-state index in [0.717, 1.165) is 34.7 Å². The third-order valence-electron chi connectivity index (χ3n) is 4.62. The minimum atomic E-state index is -0.0811. The summed E-state index contributed by atoms with van der Waals surface area (Å²) >= 11 is 0. The number of hydrogen-bond acceptors (Lipinski definition) is 4. The monoisotopic (exact) mass is 363 g/mol. The number of likely N-dealkylation sites (N-methyl/N-ethyl adjacent to an activating group) is 1. The molecule has 1 aromatic heterocycles. The molecule has 0 fully saturated rings. The van der Waals surface area contributed by atoms with Gasteiger partial charge in [0.25, 0.3) is 0 Å². The van der Waals surface area contributed by atoms with Crippen molar-refractivity contribution < 1.29 is 14.3 Å². The Hall–Kier alpha value is -3.28. The Kier molecular flexibility index (Phi) is 4.54. The number of benzene rings is 2. The summed E-state index contributed by atoms with van der Waals surface area (Å²) in [6, 6.07) is 13.6. The Balaban J connectivity index is 1.48. The third-order valence-corrected chi connectivity index (χ3v) is 4.62. The molecule has 0 N–H and O–H groups in total. The van der Waals surface area contributed by atoms with Gasteiger partial charge < -0.3 is 18.9 Å². The smallest absolute Gasteiger partial charge is 0.246 e. The topological polar surface area (TPSA) is 56.6 Å². The Morgan fingerprint density at radius 2 is 2.04 bits per heavy atom. The number of imidazole rings is 1. The predicted molar refractivity (Wildman–Crippen MR) is 103 cm³/mol. The van der Waals surface area contributed by atoms with E-state index in [0.29, 0.717) is 12.3 Å². The van der Waals surface area contributed by atoms with Gasteiger partial charge in [0.05, 0.1) is 17.6 Å². The molecule has 6 nitrogen and oxygen atoms in total. The van der Waals surface area contributed by atoms with Crippen LogP contribution in [-0.2, 0) is 17.9 Å². The van der Waals surface area contributed by atoms with Crippen LogP contribution in [0.15, 0.2) is 48.5 Å². The zero-order valence-corrected chi connectivity index (χ0v) is 15.4. The lowest BCUT2D eigenvalue weighted by Crippen LogP contribution is -2.26. The van der Waals surface area contributed by atoms with Crippen molar-refractivity contribution in [3.63, 3.8) is 0 Å². The second-order valence-corrected chi connectivity index (χ2v) is 6.40. The van der Waals surface area contributed by atoms with Gasteiger partial charge in [0, 0.05) is 19.7 Å². The second-order valence-electron chi connectivity index (χ2n) is 6.40. The molecule has 0 radical (unpaired) electrons. The van der Waals surface area contributed by atoms with Gasteiger partial charge in [-0.2, -0.15) is 0 Å². The van der Waals surface area contributed by atoms with E-state index in [9.17, 15) is 4.79 Å². The van der Waals surface area contributed by atoms with Crippen LogP contribution in [0.5, 0.6) is 11.5 Å². The maximum atomic E-state index is 12.5. The van der Waals surface area contributed by atoms with Gasteiger partial charge in [0.2, 0.25) is 12.7 Å². The van der Waals surface area contributed by atoms with Gasteiger partial charge in [-0.1, -0.05) is 18.2 Å². The average molecular weight is 363 g/mol. The minimum absolute atomic E-state index is 0.0811. The highest BCUT2D eigenvalue weighted by molar-refractivity contribution is 5.91. The molecule has 138 valence electrons. The molecule has 2 heterocycles. The highest BCUT2D eigenvalue weighted by atomic mass is 16.7. The van der Waals surface area contributed by atoms with E-state index in [1.54, 1.807) is 24.1 Å². The standard InChI is InChI=1S/C21H21N3O3/c1-3-24-17-7-5-4-6-16(17)22-20(24)13-23(2)21(25)11-9-15-8-10-18-19(12-15)27-14-26-18/h4-12H,3,13-14H2,1-2H3/b11-9+. The third kappa shape index (κ3) is 3.38. The lowest BCUT2D eigenvalue weighted by Gasteiger charge is -2.15. The van der Waals surface area contributed by atoms with Crippen molar-refractivity contribution in [2.45, 2.75) is 20.0 Å². The Morgan fingerprint density at radius 1 is 1.22 bits per heavy atom. The van der Waals surface area contributed by atoms with Crippen molar-refractivity contribution in [2.75, 3.05) is 13.8 Å². The molecule has 0 aliphatic carbocycles. The quantitative estimate of drug-likeness (QED) is 0.652. The Labute approximate surface area is 157 Å². The van der Waals surface area contributed by atoms with Crippen LogP contribution >= 0.6 is 0 Å². The van der Waals surface area contributed by atoms with Crippen LogP contribution in [-0.4, -0.2) is 34.2 Å². The molecule has 0 saturated heterocycles. The van der Waals surface area contributed by atoms with Gasteiger partial charge in [0.1, 0.15) is 5.82 Å². The molecular formula is C21H21N3O3. The zero-order valence-electron chi connectivity index (χ0n) is 15.4. The number of carbonyl (C=O) groups is 1. The summed E-state index contributed by atoms with van der Waals surface area (Å²) in [7, 11) is 1.78. The van der Waals surface area contributed by atoms with Crippen LogP contribution in [0.4, 0.5) is 0 Å². The first-order valence-electron chi connectivity index (χ1n) is 8.92. The molecule has 1 aliphatic rings. The van der Waals surface area contributed by atoms with Gasteiger partial charge in [-0.15, -0.1) is 0 Å². The Bertz CT molecular complexity index is 1020. The van der Waals surface area contributed by atoms with Crippen LogP contribution in [0.1, 0.15) is 18.3 Å². The molecular weight excluding hydrogens is 342 g/mol. The molecule has 0 bridgehead atoms. The first-order chi connectivity index (χ1) is 13.2. The van der Waals surface area contributed by atoms with Gasteiger partial charge in [-0.25, -0.2) is 4.98 Å². The molecule has 0 spiro atoms. The van der Waals surface area contributed by atoms with E-state index in [2.05, 4.69) is 22.5 Å². The number of hydrogen-bond donors (Lipinski definition) is 0. The van der Waals surface area contributed by atoms with Crippen LogP contribution < -0.4 is 9.47 Å².